The van der Waals surface area contributed by atoms with E-state index in [1.807, 2.05) is 30.3 Å². The Balaban J connectivity index is 0.000000427. The molecule has 0 amide bonds. The van der Waals surface area contributed by atoms with E-state index >= 15 is 0 Å². The topological polar surface area (TPSA) is 97.8 Å². The highest BCUT2D eigenvalue weighted by atomic mass is 32.2. The molecule has 9 heteroatoms. The minimum absolute atomic E-state index is 0.185. The predicted molar refractivity (Wildman–Crippen MR) is 185 cm³/mol. The van der Waals surface area contributed by atoms with Gasteiger partial charge in [0.15, 0.2) is 14.7 Å². The lowest BCUT2D eigenvalue weighted by molar-refractivity contribution is 0.130. The number of nitrogens with zero attached hydrogens (tertiary/aromatic N) is 1. The van der Waals surface area contributed by atoms with E-state index in [0.717, 1.165) is 22.9 Å². The van der Waals surface area contributed by atoms with Crippen molar-refractivity contribution in [1.29, 1.82) is 0 Å². The number of pyridine rings is 1. The molecule has 47 heavy (non-hydrogen) atoms. The third kappa shape index (κ3) is 11.8. The molecule has 0 saturated carbocycles. The van der Waals surface area contributed by atoms with Crippen LogP contribution >= 0.6 is 0 Å². The molecule has 0 spiro atoms. The number of hydrogen-bond donors (Lipinski definition) is 0. The fourth-order valence-corrected chi connectivity index (χ4v) is 6.83. The first-order valence-corrected chi connectivity index (χ1v) is 17.8. The van der Waals surface area contributed by atoms with E-state index in [2.05, 4.69) is 107 Å². The molecule has 0 saturated heterocycles. The molecule has 0 aliphatic carbocycles. The fraction of sp³-hybridized carbons (Fsp3) is 0.237. The van der Waals surface area contributed by atoms with E-state index in [4.69, 9.17) is 14.2 Å². The lowest BCUT2D eigenvalue weighted by Gasteiger charge is -2.21. The third-order valence-corrected chi connectivity index (χ3v) is 9.25. The quantitative estimate of drug-likeness (QED) is 0.114. The van der Waals surface area contributed by atoms with E-state index in [9.17, 15) is 13.0 Å². The monoisotopic (exact) mass is 671 g/mol. The molecule has 246 valence electrons. The molecular weight excluding hydrogens is 631 g/mol. The van der Waals surface area contributed by atoms with Crippen LogP contribution in [0.4, 0.5) is 0 Å². The Morgan fingerprint density at radius 2 is 1.02 bits per heavy atom. The van der Waals surface area contributed by atoms with Crippen LogP contribution in [0.15, 0.2) is 147 Å². The molecular formula is C38H41NO6S2. The molecule has 5 aromatic rings. The Morgan fingerprint density at radius 3 is 1.38 bits per heavy atom. The van der Waals surface area contributed by atoms with Gasteiger partial charge in [0.2, 0.25) is 0 Å². The standard InChI is InChI=1S/C32H36NO3S.C6H6O3S/c1-31(2,3)35-26-12-18-29(19-13-26)37(30-20-14-27(15-21-30)36-32(4,5)6)28-16-10-25(11-17-28)34-23-24-9-7-8-22-33-24;7-10(8,9)6-4-2-1-3-5-6/h7-22H,23H2,1-6H3;1-5H,(H,7,8,9)/q+1;/p-1. The van der Waals surface area contributed by atoms with Crippen molar-refractivity contribution in [2.45, 2.75) is 78.9 Å². The summed E-state index contributed by atoms with van der Waals surface area (Å²) in [5.74, 6) is 2.56. The molecule has 0 aliphatic rings. The Labute approximate surface area is 281 Å². The van der Waals surface area contributed by atoms with Crippen molar-refractivity contribution in [3.63, 3.8) is 0 Å². The van der Waals surface area contributed by atoms with Crippen LogP contribution < -0.4 is 14.2 Å². The first-order valence-electron chi connectivity index (χ1n) is 15.1. The van der Waals surface area contributed by atoms with E-state index in [1.54, 1.807) is 12.3 Å². The average molecular weight is 672 g/mol. The lowest BCUT2D eigenvalue weighted by Crippen LogP contribution is -2.23. The molecule has 4 aromatic carbocycles. The predicted octanol–water partition coefficient (Wildman–Crippen LogP) is 8.70. The van der Waals surface area contributed by atoms with E-state index < -0.39 is 10.1 Å². The number of aromatic nitrogens is 1. The zero-order valence-electron chi connectivity index (χ0n) is 27.5. The zero-order valence-corrected chi connectivity index (χ0v) is 29.2. The summed E-state index contributed by atoms with van der Waals surface area (Å²) in [6.07, 6.45) is 1.78. The molecule has 1 aromatic heterocycles. The lowest BCUT2D eigenvalue weighted by atomic mass is 10.2. The van der Waals surface area contributed by atoms with Crippen molar-refractivity contribution in [3.8, 4) is 17.2 Å². The smallest absolute Gasteiger partial charge is 0.166 e. The van der Waals surface area contributed by atoms with Crippen LogP contribution in [-0.2, 0) is 27.6 Å². The van der Waals surface area contributed by atoms with E-state index in [0.29, 0.717) is 6.61 Å². The molecule has 0 atom stereocenters. The SMILES string of the molecule is CC(C)(C)Oc1ccc([S+](c2ccc(OCc3ccccn3)cc2)c2ccc(OC(C)(C)C)cc2)cc1.O=S(=O)([O-])c1ccccc1. The Morgan fingerprint density at radius 1 is 0.596 bits per heavy atom. The largest absolute Gasteiger partial charge is 0.744 e. The molecule has 1 heterocycles. The highest BCUT2D eigenvalue weighted by molar-refractivity contribution is 7.97. The Kier molecular flexibility index (Phi) is 11.7. The summed E-state index contributed by atoms with van der Waals surface area (Å²) in [5.41, 5.74) is 0.426. The maximum Gasteiger partial charge on any atom is 0.166 e. The van der Waals surface area contributed by atoms with Gasteiger partial charge in [-0.05, 0) is 139 Å². The van der Waals surface area contributed by atoms with Gasteiger partial charge in [0.05, 0.1) is 21.5 Å². The van der Waals surface area contributed by atoms with Crippen LogP contribution in [0.25, 0.3) is 0 Å². The van der Waals surface area contributed by atoms with Crippen molar-refractivity contribution in [2.75, 3.05) is 0 Å². The Hall–Kier alpha value is -4.31. The van der Waals surface area contributed by atoms with Crippen molar-refractivity contribution < 1.29 is 27.2 Å². The van der Waals surface area contributed by atoms with Gasteiger partial charge < -0.3 is 18.8 Å². The summed E-state index contributed by atoms with van der Waals surface area (Å²) >= 11 is 0. The van der Waals surface area contributed by atoms with Gasteiger partial charge in [-0.15, -0.1) is 0 Å². The number of hydrogen-bond acceptors (Lipinski definition) is 7. The molecule has 0 bridgehead atoms. The maximum absolute atomic E-state index is 10.3. The molecule has 0 fully saturated rings. The first-order chi connectivity index (χ1) is 22.2. The van der Waals surface area contributed by atoms with Crippen molar-refractivity contribution >= 4 is 21.0 Å². The second-order valence-corrected chi connectivity index (χ2v) is 15.9. The zero-order chi connectivity index (χ0) is 34.1. The minimum atomic E-state index is -4.25. The van der Waals surface area contributed by atoms with Crippen LogP contribution in [-0.4, -0.2) is 29.2 Å². The number of ether oxygens (including phenoxy) is 3. The highest BCUT2D eigenvalue weighted by Crippen LogP contribution is 2.35. The molecule has 7 nitrogen and oxygen atoms in total. The number of benzene rings is 4. The summed E-state index contributed by atoms with van der Waals surface area (Å²) in [6.45, 7) is 12.8. The average Bonchev–Trinajstić information content (AvgIpc) is 3.02. The summed E-state index contributed by atoms with van der Waals surface area (Å²) in [4.78, 5) is 7.79. The van der Waals surface area contributed by atoms with Crippen molar-refractivity contribution in [1.82, 2.24) is 4.98 Å². The summed E-state index contributed by atoms with van der Waals surface area (Å²) in [7, 11) is -4.56. The molecule has 0 radical (unpaired) electrons. The summed E-state index contributed by atoms with van der Waals surface area (Å²) in [5, 5.41) is 0. The van der Waals surface area contributed by atoms with Gasteiger partial charge in [-0.25, -0.2) is 8.42 Å². The van der Waals surface area contributed by atoms with Gasteiger partial charge in [0, 0.05) is 6.20 Å². The highest BCUT2D eigenvalue weighted by Gasteiger charge is 2.29. The van der Waals surface area contributed by atoms with Crippen molar-refractivity contribution in [3.05, 3.63) is 133 Å². The molecule has 0 unspecified atom stereocenters. The van der Waals surface area contributed by atoms with Gasteiger partial charge in [-0.1, -0.05) is 24.3 Å². The van der Waals surface area contributed by atoms with Crippen LogP contribution in [0.2, 0.25) is 0 Å². The van der Waals surface area contributed by atoms with Gasteiger partial charge in [-0.3, -0.25) is 4.98 Å². The maximum atomic E-state index is 10.3. The van der Waals surface area contributed by atoms with E-state index in [1.165, 1.54) is 39.0 Å². The van der Waals surface area contributed by atoms with Crippen LogP contribution in [0.3, 0.4) is 0 Å². The van der Waals surface area contributed by atoms with Crippen LogP contribution in [0.1, 0.15) is 47.2 Å². The van der Waals surface area contributed by atoms with Gasteiger partial charge in [-0.2, -0.15) is 0 Å². The second-order valence-electron chi connectivity index (χ2n) is 12.5. The van der Waals surface area contributed by atoms with Crippen LogP contribution in [0.5, 0.6) is 17.2 Å². The summed E-state index contributed by atoms with van der Waals surface area (Å²) < 4.78 is 48.9. The van der Waals surface area contributed by atoms with Crippen molar-refractivity contribution in [2.24, 2.45) is 0 Å². The van der Waals surface area contributed by atoms with Crippen LogP contribution in [0, 0.1) is 0 Å². The molecule has 5 rings (SSSR count). The summed E-state index contributed by atoms with van der Waals surface area (Å²) in [6, 6.07) is 38.3. The molecule has 0 aliphatic heterocycles. The Bertz CT molecular complexity index is 1720. The van der Waals surface area contributed by atoms with Gasteiger partial charge in [0.1, 0.15) is 45.2 Å². The number of rotatable bonds is 9. The van der Waals surface area contributed by atoms with Gasteiger partial charge in [0.25, 0.3) is 0 Å². The fourth-order valence-electron chi connectivity index (χ4n) is 4.30. The normalized spacial score (nSPS) is 11.7. The third-order valence-electron chi connectivity index (χ3n) is 6.17. The molecule has 0 N–H and O–H groups in total. The first kappa shape index (κ1) is 35.5. The second kappa shape index (κ2) is 15.5. The minimum Gasteiger partial charge on any atom is -0.744 e. The van der Waals surface area contributed by atoms with E-state index in [-0.39, 0.29) is 27.0 Å². The van der Waals surface area contributed by atoms with Gasteiger partial charge >= 0.3 is 0 Å².